The van der Waals surface area contributed by atoms with Crippen LogP contribution in [0.15, 0.2) is 40.2 Å². The van der Waals surface area contributed by atoms with E-state index < -0.39 is 6.04 Å². The number of anilines is 1. The van der Waals surface area contributed by atoms with Crippen LogP contribution in [0.3, 0.4) is 0 Å². The number of benzene rings is 1. The largest absolute Gasteiger partial charge is 0.378 e. The van der Waals surface area contributed by atoms with Gasteiger partial charge in [0.2, 0.25) is 5.91 Å². The summed E-state index contributed by atoms with van der Waals surface area (Å²) in [5, 5.41) is 5.55. The van der Waals surface area contributed by atoms with E-state index in [2.05, 4.69) is 26.6 Å². The van der Waals surface area contributed by atoms with Gasteiger partial charge in [0.05, 0.1) is 8.66 Å². The molecule has 0 aliphatic carbocycles. The molecule has 0 radical (unpaired) electrons. The summed E-state index contributed by atoms with van der Waals surface area (Å²) < 4.78 is 0.880. The first-order valence-corrected chi connectivity index (χ1v) is 9.08. The van der Waals surface area contributed by atoms with Crippen molar-refractivity contribution >= 4 is 44.8 Å². The van der Waals surface area contributed by atoms with Crippen LogP contribution in [0.2, 0.25) is 0 Å². The first-order valence-electron chi connectivity index (χ1n) is 7.47. The number of amides is 2. The molecule has 0 aliphatic rings. The Morgan fingerprint density at radius 3 is 2.62 bits per heavy atom. The van der Waals surface area contributed by atoms with Crippen LogP contribution in [0.1, 0.15) is 22.2 Å². The second kappa shape index (κ2) is 8.30. The summed E-state index contributed by atoms with van der Waals surface area (Å²) in [5.41, 5.74) is 2.08. The van der Waals surface area contributed by atoms with Crippen molar-refractivity contribution in [2.24, 2.45) is 0 Å². The van der Waals surface area contributed by atoms with Crippen LogP contribution in [0.5, 0.6) is 0 Å². The molecule has 1 heterocycles. The van der Waals surface area contributed by atoms with Gasteiger partial charge in [-0.25, -0.2) is 0 Å². The minimum absolute atomic E-state index is 0.214. The van der Waals surface area contributed by atoms with Crippen molar-refractivity contribution in [1.29, 1.82) is 0 Å². The number of rotatable bonds is 6. The molecular weight excluding hydrogens is 390 g/mol. The minimum atomic E-state index is -0.601. The van der Waals surface area contributed by atoms with Gasteiger partial charge in [-0.05, 0) is 52.7 Å². The number of nitrogens with zero attached hydrogens (tertiary/aromatic N) is 1. The third kappa shape index (κ3) is 5.07. The summed E-state index contributed by atoms with van der Waals surface area (Å²) in [6, 6.07) is 10.9. The highest BCUT2D eigenvalue weighted by atomic mass is 79.9. The normalized spacial score (nSPS) is 11.7. The van der Waals surface area contributed by atoms with Crippen molar-refractivity contribution in [2.75, 3.05) is 19.0 Å². The van der Waals surface area contributed by atoms with E-state index in [1.54, 1.807) is 13.0 Å². The van der Waals surface area contributed by atoms with Gasteiger partial charge in [-0.3, -0.25) is 9.59 Å². The lowest BCUT2D eigenvalue weighted by Crippen LogP contribution is -2.44. The Bertz CT molecular complexity index is 730. The summed E-state index contributed by atoms with van der Waals surface area (Å²) >= 11 is 4.65. The third-order valence-electron chi connectivity index (χ3n) is 3.43. The molecule has 0 bridgehead atoms. The summed E-state index contributed by atoms with van der Waals surface area (Å²) in [6.45, 7) is 2.09. The van der Waals surface area contributed by atoms with Gasteiger partial charge in [-0.1, -0.05) is 12.1 Å². The maximum Gasteiger partial charge on any atom is 0.262 e. The smallest absolute Gasteiger partial charge is 0.262 e. The van der Waals surface area contributed by atoms with Crippen molar-refractivity contribution in [1.82, 2.24) is 10.6 Å². The zero-order valence-electron chi connectivity index (χ0n) is 13.8. The lowest BCUT2D eigenvalue weighted by Gasteiger charge is -2.16. The Balaban J connectivity index is 1.87. The van der Waals surface area contributed by atoms with Crippen LogP contribution in [0.4, 0.5) is 5.69 Å². The fourth-order valence-corrected chi connectivity index (χ4v) is 3.35. The fraction of sp³-hybridized carbons (Fsp3) is 0.294. The molecule has 1 aromatic heterocycles. The molecule has 0 saturated carbocycles. The predicted molar refractivity (Wildman–Crippen MR) is 102 cm³/mol. The number of carbonyl (C=O) groups excluding carboxylic acids is 2. The molecule has 0 spiro atoms. The average Bonchev–Trinajstić information content (AvgIpc) is 2.99. The van der Waals surface area contributed by atoms with Crippen molar-refractivity contribution < 1.29 is 9.59 Å². The van der Waals surface area contributed by atoms with E-state index in [-0.39, 0.29) is 11.8 Å². The zero-order valence-corrected chi connectivity index (χ0v) is 16.2. The third-order valence-corrected chi connectivity index (χ3v) is 5.05. The zero-order chi connectivity index (χ0) is 17.7. The Labute approximate surface area is 154 Å². The molecular formula is C17H20BrN3O2S. The molecule has 2 rings (SSSR count). The van der Waals surface area contributed by atoms with E-state index in [0.717, 1.165) is 15.0 Å². The molecule has 24 heavy (non-hydrogen) atoms. The van der Waals surface area contributed by atoms with Crippen molar-refractivity contribution in [3.63, 3.8) is 0 Å². The fourth-order valence-electron chi connectivity index (χ4n) is 2.06. The molecule has 0 fully saturated rings. The highest BCUT2D eigenvalue weighted by molar-refractivity contribution is 9.11. The molecule has 0 aliphatic heterocycles. The average molecular weight is 410 g/mol. The maximum absolute atomic E-state index is 12.2. The molecule has 2 N–H and O–H groups in total. The molecule has 128 valence electrons. The maximum atomic E-state index is 12.2. The van der Waals surface area contributed by atoms with Crippen LogP contribution >= 0.6 is 27.3 Å². The standard InChI is InChI=1S/C17H20BrN3O2S/c1-11(20-17(23)14-7-8-15(18)24-14)16(22)19-10-12-5-4-6-13(9-12)21(2)3/h4-9,11H,10H2,1-3H3,(H,19,22)(H,20,23). The van der Waals surface area contributed by atoms with Crippen LogP contribution in [-0.4, -0.2) is 32.0 Å². The number of thiophene rings is 1. The molecule has 2 aromatic rings. The van der Waals surface area contributed by atoms with Crippen LogP contribution in [0, 0.1) is 0 Å². The summed E-state index contributed by atoms with van der Waals surface area (Å²) in [5.74, 6) is -0.461. The molecule has 1 atom stereocenters. The van der Waals surface area contributed by atoms with Gasteiger partial charge in [-0.15, -0.1) is 11.3 Å². The van der Waals surface area contributed by atoms with Gasteiger partial charge in [0, 0.05) is 26.3 Å². The Hall–Kier alpha value is -1.86. The van der Waals surface area contributed by atoms with Gasteiger partial charge < -0.3 is 15.5 Å². The van der Waals surface area contributed by atoms with Crippen molar-refractivity contribution in [2.45, 2.75) is 19.5 Å². The number of nitrogens with one attached hydrogen (secondary N) is 2. The van der Waals surface area contributed by atoms with Gasteiger partial charge in [0.1, 0.15) is 6.04 Å². The van der Waals surface area contributed by atoms with E-state index in [1.165, 1.54) is 11.3 Å². The van der Waals surface area contributed by atoms with E-state index in [0.29, 0.717) is 11.4 Å². The summed E-state index contributed by atoms with van der Waals surface area (Å²) in [4.78, 5) is 26.8. The quantitative estimate of drug-likeness (QED) is 0.770. The van der Waals surface area contributed by atoms with E-state index in [1.807, 2.05) is 49.3 Å². The Morgan fingerprint density at radius 2 is 2.00 bits per heavy atom. The van der Waals surface area contributed by atoms with E-state index in [9.17, 15) is 9.59 Å². The number of carbonyl (C=O) groups is 2. The van der Waals surface area contributed by atoms with Crippen molar-refractivity contribution in [3.05, 3.63) is 50.6 Å². The predicted octanol–water partition coefficient (Wildman–Crippen LogP) is 3.01. The molecule has 1 unspecified atom stereocenters. The number of hydrogen-bond acceptors (Lipinski definition) is 4. The van der Waals surface area contributed by atoms with Crippen LogP contribution < -0.4 is 15.5 Å². The SMILES string of the molecule is CC(NC(=O)c1ccc(Br)s1)C(=O)NCc1cccc(N(C)C)c1. The monoisotopic (exact) mass is 409 g/mol. The molecule has 1 aromatic carbocycles. The Kier molecular flexibility index (Phi) is 6.39. The second-order valence-electron chi connectivity index (χ2n) is 5.58. The van der Waals surface area contributed by atoms with Gasteiger partial charge in [0.25, 0.3) is 5.91 Å². The van der Waals surface area contributed by atoms with Crippen LogP contribution in [0.25, 0.3) is 0 Å². The number of hydrogen-bond donors (Lipinski definition) is 2. The Morgan fingerprint density at radius 1 is 1.25 bits per heavy atom. The van der Waals surface area contributed by atoms with Gasteiger partial charge in [0.15, 0.2) is 0 Å². The lowest BCUT2D eigenvalue weighted by molar-refractivity contribution is -0.122. The van der Waals surface area contributed by atoms with Crippen LogP contribution in [-0.2, 0) is 11.3 Å². The van der Waals surface area contributed by atoms with E-state index in [4.69, 9.17) is 0 Å². The highest BCUT2D eigenvalue weighted by Gasteiger charge is 2.17. The molecule has 2 amide bonds. The molecule has 7 heteroatoms. The lowest BCUT2D eigenvalue weighted by atomic mass is 10.2. The summed E-state index contributed by atoms with van der Waals surface area (Å²) in [7, 11) is 3.94. The second-order valence-corrected chi connectivity index (χ2v) is 8.04. The molecule has 0 saturated heterocycles. The topological polar surface area (TPSA) is 61.4 Å². The van der Waals surface area contributed by atoms with Crippen molar-refractivity contribution in [3.8, 4) is 0 Å². The van der Waals surface area contributed by atoms with E-state index >= 15 is 0 Å². The highest BCUT2D eigenvalue weighted by Crippen LogP contribution is 2.21. The first kappa shape index (κ1) is 18.5. The van der Waals surface area contributed by atoms with Gasteiger partial charge >= 0.3 is 0 Å². The number of halogens is 1. The molecule has 5 nitrogen and oxygen atoms in total. The minimum Gasteiger partial charge on any atom is -0.378 e. The first-order chi connectivity index (χ1) is 11.4. The van der Waals surface area contributed by atoms with Gasteiger partial charge in [-0.2, -0.15) is 0 Å². The summed E-state index contributed by atoms with van der Waals surface area (Å²) in [6.07, 6.45) is 0.